The third-order valence-electron chi connectivity index (χ3n) is 6.56. The van der Waals surface area contributed by atoms with E-state index in [-0.39, 0.29) is 28.4 Å². The standard InChI is InChI=1S/C25H29ClF3N7O/c1-4-17(37)13-36-7-5-16(6-8-36)18-9-15(3)20(10-14(18)2)31-24-30-12-19(26)23(33-24)32-22-11-21(34-35-22)25(27,28)29/h9-12,16H,4-8,13H2,1-3H3,(H3,30,31,32,33,34,35). The molecule has 1 aromatic carbocycles. The summed E-state index contributed by atoms with van der Waals surface area (Å²) in [6.45, 7) is 8.31. The van der Waals surface area contributed by atoms with E-state index in [1.54, 1.807) is 0 Å². The highest BCUT2D eigenvalue weighted by Crippen LogP contribution is 2.34. The minimum atomic E-state index is -4.54. The zero-order chi connectivity index (χ0) is 26.7. The van der Waals surface area contributed by atoms with Gasteiger partial charge in [-0.25, -0.2) is 4.98 Å². The first-order chi connectivity index (χ1) is 17.5. The molecule has 1 aliphatic heterocycles. The minimum absolute atomic E-state index is 0.0691. The van der Waals surface area contributed by atoms with Gasteiger partial charge in [-0.1, -0.05) is 24.6 Å². The predicted molar refractivity (Wildman–Crippen MR) is 137 cm³/mol. The average molecular weight is 536 g/mol. The number of anilines is 4. The Morgan fingerprint density at radius 3 is 2.54 bits per heavy atom. The second-order valence-corrected chi connectivity index (χ2v) is 9.68. The van der Waals surface area contributed by atoms with Crippen molar-refractivity contribution in [1.29, 1.82) is 0 Å². The van der Waals surface area contributed by atoms with E-state index < -0.39 is 11.9 Å². The summed E-state index contributed by atoms with van der Waals surface area (Å²) < 4.78 is 38.5. The van der Waals surface area contributed by atoms with E-state index in [9.17, 15) is 18.0 Å². The van der Waals surface area contributed by atoms with Crippen LogP contribution in [0.4, 0.5) is 36.4 Å². The summed E-state index contributed by atoms with van der Waals surface area (Å²) in [4.78, 5) is 22.5. The Morgan fingerprint density at radius 1 is 1.16 bits per heavy atom. The molecule has 1 aliphatic rings. The van der Waals surface area contributed by atoms with Crippen LogP contribution in [-0.4, -0.2) is 50.5 Å². The Kier molecular flexibility index (Phi) is 8.03. The Hall–Kier alpha value is -3.18. The first-order valence-corrected chi connectivity index (χ1v) is 12.5. The van der Waals surface area contributed by atoms with Crippen LogP contribution in [0.25, 0.3) is 0 Å². The normalized spacial score (nSPS) is 15.1. The van der Waals surface area contributed by atoms with Crippen LogP contribution in [0.1, 0.15) is 54.5 Å². The molecular weight excluding hydrogens is 507 g/mol. The largest absolute Gasteiger partial charge is 0.432 e. The number of rotatable bonds is 8. The molecule has 0 spiro atoms. The zero-order valence-electron chi connectivity index (χ0n) is 20.8. The number of Topliss-reactive ketones (excluding diaryl/α,β-unsaturated/α-hetero) is 1. The molecule has 1 saturated heterocycles. The second kappa shape index (κ2) is 11.1. The molecule has 12 heteroatoms. The van der Waals surface area contributed by atoms with Crippen molar-refractivity contribution in [2.75, 3.05) is 30.3 Å². The summed E-state index contributed by atoms with van der Waals surface area (Å²) in [5, 5.41) is 11.6. The summed E-state index contributed by atoms with van der Waals surface area (Å²) in [6.07, 6.45) is -0.596. The third kappa shape index (κ3) is 6.58. The zero-order valence-corrected chi connectivity index (χ0v) is 21.6. The van der Waals surface area contributed by atoms with Crippen molar-refractivity contribution in [3.8, 4) is 0 Å². The SMILES string of the molecule is CCC(=O)CN1CCC(c2cc(C)c(Nc3ncc(Cl)c(Nc4cc(C(F)(F)F)[nH]n4)n3)cc2C)CC1. The smallest absolute Gasteiger partial charge is 0.324 e. The quantitative estimate of drug-likeness (QED) is 0.319. The number of hydrogen-bond donors (Lipinski definition) is 3. The predicted octanol–water partition coefficient (Wildman–Crippen LogP) is 6.13. The number of piperidine rings is 1. The third-order valence-corrected chi connectivity index (χ3v) is 6.83. The lowest BCUT2D eigenvalue weighted by Gasteiger charge is -2.32. The van der Waals surface area contributed by atoms with E-state index in [0.29, 0.717) is 18.9 Å². The molecule has 37 heavy (non-hydrogen) atoms. The van der Waals surface area contributed by atoms with E-state index in [0.717, 1.165) is 48.8 Å². The van der Waals surface area contributed by atoms with E-state index in [2.05, 4.69) is 43.6 Å². The Bertz CT molecular complexity index is 1270. The van der Waals surface area contributed by atoms with Gasteiger partial charge in [-0.05, 0) is 68.5 Å². The fourth-order valence-electron chi connectivity index (χ4n) is 4.46. The van der Waals surface area contributed by atoms with Crippen LogP contribution in [0.15, 0.2) is 24.4 Å². The molecule has 0 saturated carbocycles. The van der Waals surface area contributed by atoms with Gasteiger partial charge in [0.25, 0.3) is 0 Å². The van der Waals surface area contributed by atoms with E-state index in [1.807, 2.05) is 25.0 Å². The number of hydrogen-bond acceptors (Lipinski definition) is 7. The number of ketones is 1. The van der Waals surface area contributed by atoms with Gasteiger partial charge in [-0.15, -0.1) is 0 Å². The van der Waals surface area contributed by atoms with E-state index >= 15 is 0 Å². The second-order valence-electron chi connectivity index (χ2n) is 9.27. The molecule has 0 radical (unpaired) electrons. The minimum Gasteiger partial charge on any atom is -0.324 e. The van der Waals surface area contributed by atoms with Crippen molar-refractivity contribution in [3.05, 3.63) is 51.8 Å². The van der Waals surface area contributed by atoms with Crippen LogP contribution in [0, 0.1) is 13.8 Å². The van der Waals surface area contributed by atoms with Gasteiger partial charge in [0.15, 0.2) is 11.6 Å². The average Bonchev–Trinajstić information content (AvgIpc) is 3.33. The van der Waals surface area contributed by atoms with Gasteiger partial charge >= 0.3 is 6.18 Å². The fraction of sp³-hybridized carbons (Fsp3) is 0.440. The van der Waals surface area contributed by atoms with Gasteiger partial charge in [0, 0.05) is 18.2 Å². The van der Waals surface area contributed by atoms with Crippen molar-refractivity contribution in [1.82, 2.24) is 25.1 Å². The Labute approximate surface area is 218 Å². The van der Waals surface area contributed by atoms with Crippen molar-refractivity contribution >= 4 is 40.7 Å². The summed E-state index contributed by atoms with van der Waals surface area (Å²) in [6, 6.07) is 5.06. The number of likely N-dealkylation sites (tertiary alicyclic amines) is 1. The lowest BCUT2D eigenvalue weighted by atomic mass is 9.85. The lowest BCUT2D eigenvalue weighted by Crippen LogP contribution is -2.36. The summed E-state index contributed by atoms with van der Waals surface area (Å²) in [5.41, 5.74) is 3.28. The maximum absolute atomic E-state index is 12.8. The van der Waals surface area contributed by atoms with E-state index in [1.165, 1.54) is 11.8 Å². The summed E-state index contributed by atoms with van der Waals surface area (Å²) in [7, 11) is 0. The highest BCUT2D eigenvalue weighted by Gasteiger charge is 2.33. The molecular formula is C25H29ClF3N7O. The molecule has 0 atom stereocenters. The first-order valence-electron chi connectivity index (χ1n) is 12.1. The molecule has 3 N–H and O–H groups in total. The monoisotopic (exact) mass is 535 g/mol. The molecule has 3 heterocycles. The Balaban J connectivity index is 1.45. The number of alkyl halides is 3. The van der Waals surface area contributed by atoms with Gasteiger partial charge in [0.2, 0.25) is 5.95 Å². The van der Waals surface area contributed by atoms with Crippen LogP contribution in [0.5, 0.6) is 0 Å². The van der Waals surface area contributed by atoms with Gasteiger partial charge < -0.3 is 10.6 Å². The van der Waals surface area contributed by atoms with E-state index in [4.69, 9.17) is 11.6 Å². The number of aryl methyl sites for hydroxylation is 2. The molecule has 198 valence electrons. The maximum atomic E-state index is 12.8. The molecule has 8 nitrogen and oxygen atoms in total. The number of aromatic nitrogens is 4. The van der Waals surface area contributed by atoms with Crippen LogP contribution < -0.4 is 10.6 Å². The molecule has 0 unspecified atom stereocenters. The molecule has 3 aromatic rings. The van der Waals surface area contributed by atoms with Gasteiger partial charge in [0.1, 0.15) is 16.5 Å². The van der Waals surface area contributed by atoms with Crippen LogP contribution >= 0.6 is 11.6 Å². The number of H-pyrrole nitrogens is 1. The van der Waals surface area contributed by atoms with Gasteiger partial charge in [0.05, 0.1) is 12.7 Å². The van der Waals surface area contributed by atoms with Crippen molar-refractivity contribution in [2.24, 2.45) is 0 Å². The Morgan fingerprint density at radius 2 is 1.89 bits per heavy atom. The number of aromatic amines is 1. The van der Waals surface area contributed by atoms with Crippen LogP contribution in [-0.2, 0) is 11.0 Å². The number of halogens is 4. The van der Waals surface area contributed by atoms with Crippen LogP contribution in [0.2, 0.25) is 5.02 Å². The van der Waals surface area contributed by atoms with Crippen molar-refractivity contribution < 1.29 is 18.0 Å². The molecule has 0 aliphatic carbocycles. The molecule has 1 fully saturated rings. The maximum Gasteiger partial charge on any atom is 0.432 e. The number of nitrogens with one attached hydrogen (secondary N) is 3. The lowest BCUT2D eigenvalue weighted by molar-refractivity contribution is -0.141. The highest BCUT2D eigenvalue weighted by atomic mass is 35.5. The molecule has 0 bridgehead atoms. The molecule has 4 rings (SSSR count). The topological polar surface area (TPSA) is 98.8 Å². The number of carbonyl (C=O) groups is 1. The fourth-order valence-corrected chi connectivity index (χ4v) is 4.60. The van der Waals surface area contributed by atoms with Crippen molar-refractivity contribution in [3.63, 3.8) is 0 Å². The van der Waals surface area contributed by atoms with Gasteiger partial charge in [-0.3, -0.25) is 14.8 Å². The van der Waals surface area contributed by atoms with Gasteiger partial charge in [-0.2, -0.15) is 23.3 Å². The highest BCUT2D eigenvalue weighted by molar-refractivity contribution is 6.32. The van der Waals surface area contributed by atoms with Crippen LogP contribution in [0.3, 0.4) is 0 Å². The number of nitrogens with zero attached hydrogens (tertiary/aromatic N) is 4. The number of benzene rings is 1. The summed E-state index contributed by atoms with van der Waals surface area (Å²) >= 11 is 6.16. The summed E-state index contributed by atoms with van der Waals surface area (Å²) in [5.74, 6) is 1.000. The molecule has 2 aromatic heterocycles. The molecule has 0 amide bonds. The van der Waals surface area contributed by atoms with Crippen molar-refractivity contribution in [2.45, 2.75) is 52.1 Å². The first kappa shape index (κ1) is 26.9. The number of carbonyl (C=O) groups excluding carboxylic acids is 1.